The summed E-state index contributed by atoms with van der Waals surface area (Å²) in [5, 5.41) is 0. The van der Waals surface area contributed by atoms with Crippen molar-refractivity contribution in [1.29, 1.82) is 0 Å². The quantitative estimate of drug-likeness (QED) is 0.800. The van der Waals surface area contributed by atoms with E-state index in [0.29, 0.717) is 13.0 Å². The summed E-state index contributed by atoms with van der Waals surface area (Å²) in [5.74, 6) is 2.12. The first-order valence-electron chi connectivity index (χ1n) is 8.46. The maximum atomic E-state index is 12.3. The van der Waals surface area contributed by atoms with E-state index in [1.54, 1.807) is 7.11 Å². The van der Waals surface area contributed by atoms with E-state index in [2.05, 4.69) is 4.90 Å². The van der Waals surface area contributed by atoms with Crippen LogP contribution in [0.1, 0.15) is 32.1 Å². The molecule has 3 rings (SSSR count). The van der Waals surface area contributed by atoms with Gasteiger partial charge in [-0.2, -0.15) is 0 Å². The van der Waals surface area contributed by atoms with Crippen molar-refractivity contribution < 1.29 is 9.53 Å². The zero-order chi connectivity index (χ0) is 14.8. The van der Waals surface area contributed by atoms with Crippen LogP contribution in [0, 0.1) is 11.8 Å². The highest BCUT2D eigenvalue weighted by Gasteiger charge is 2.42. The third kappa shape index (κ3) is 4.73. The molecule has 0 spiro atoms. The molecular formula is C16H31Cl2N3O2. The van der Waals surface area contributed by atoms with E-state index >= 15 is 0 Å². The van der Waals surface area contributed by atoms with Crippen LogP contribution < -0.4 is 5.73 Å². The summed E-state index contributed by atoms with van der Waals surface area (Å²) in [6, 6.07) is 0.803. The van der Waals surface area contributed by atoms with Crippen LogP contribution in [0.5, 0.6) is 0 Å². The van der Waals surface area contributed by atoms with Crippen LogP contribution in [0.2, 0.25) is 0 Å². The smallest absolute Gasteiger partial charge is 0.225 e. The molecule has 1 saturated heterocycles. The van der Waals surface area contributed by atoms with Gasteiger partial charge in [-0.15, -0.1) is 24.8 Å². The summed E-state index contributed by atoms with van der Waals surface area (Å²) in [6.45, 7) is 4.23. The standard InChI is InChI=1S/C16H29N3O2.2ClH/c1-21-14(11-17)10-16(20)19-6-4-18(5-7-19)15-9-12-2-3-13(15)8-12;;/h12-15H,2-11,17H2,1H3;2*1H. The Hall–Kier alpha value is -0.0700. The highest BCUT2D eigenvalue weighted by atomic mass is 35.5. The van der Waals surface area contributed by atoms with Crippen LogP contribution in [-0.2, 0) is 9.53 Å². The van der Waals surface area contributed by atoms with Crippen LogP contribution >= 0.6 is 24.8 Å². The molecule has 2 saturated carbocycles. The van der Waals surface area contributed by atoms with Gasteiger partial charge in [0.05, 0.1) is 12.5 Å². The third-order valence-corrected chi connectivity index (χ3v) is 5.84. The van der Waals surface area contributed by atoms with Crippen LogP contribution in [-0.4, -0.2) is 67.7 Å². The third-order valence-electron chi connectivity index (χ3n) is 5.84. The molecule has 23 heavy (non-hydrogen) atoms. The first-order chi connectivity index (χ1) is 10.2. The van der Waals surface area contributed by atoms with Gasteiger partial charge in [0.25, 0.3) is 0 Å². The van der Waals surface area contributed by atoms with E-state index in [-0.39, 0.29) is 36.8 Å². The van der Waals surface area contributed by atoms with Crippen molar-refractivity contribution in [3.05, 3.63) is 0 Å². The number of hydrogen-bond donors (Lipinski definition) is 1. The highest BCUT2D eigenvalue weighted by molar-refractivity contribution is 5.85. The fraction of sp³-hybridized carbons (Fsp3) is 0.938. The van der Waals surface area contributed by atoms with Gasteiger partial charge in [0.15, 0.2) is 0 Å². The Balaban J connectivity index is 0.00000132. The zero-order valence-electron chi connectivity index (χ0n) is 14.0. The number of ether oxygens (including phenoxy) is 1. The van der Waals surface area contributed by atoms with Crippen molar-refractivity contribution in [2.45, 2.75) is 44.2 Å². The molecule has 2 bridgehead atoms. The van der Waals surface area contributed by atoms with E-state index in [1.807, 2.05) is 4.90 Å². The molecule has 4 unspecified atom stereocenters. The number of carbonyl (C=O) groups is 1. The van der Waals surface area contributed by atoms with E-state index in [4.69, 9.17) is 10.5 Å². The number of hydrogen-bond acceptors (Lipinski definition) is 4. The normalized spacial score (nSPS) is 31.4. The molecule has 3 fully saturated rings. The maximum absolute atomic E-state index is 12.3. The van der Waals surface area contributed by atoms with Gasteiger partial charge in [-0.25, -0.2) is 0 Å². The zero-order valence-corrected chi connectivity index (χ0v) is 15.6. The van der Waals surface area contributed by atoms with Crippen molar-refractivity contribution >= 4 is 30.7 Å². The van der Waals surface area contributed by atoms with Gasteiger partial charge < -0.3 is 15.4 Å². The lowest BCUT2D eigenvalue weighted by Crippen LogP contribution is -2.53. The largest absolute Gasteiger partial charge is 0.380 e. The minimum absolute atomic E-state index is 0. The Kier molecular flexibility index (Phi) is 8.59. The van der Waals surface area contributed by atoms with E-state index < -0.39 is 0 Å². The van der Waals surface area contributed by atoms with Crippen LogP contribution in [0.25, 0.3) is 0 Å². The highest BCUT2D eigenvalue weighted by Crippen LogP contribution is 2.46. The summed E-state index contributed by atoms with van der Waals surface area (Å²) in [6.07, 6.45) is 6.02. The molecule has 5 nitrogen and oxygen atoms in total. The van der Waals surface area contributed by atoms with Crippen LogP contribution in [0.3, 0.4) is 0 Å². The topological polar surface area (TPSA) is 58.8 Å². The average molecular weight is 368 g/mol. The lowest BCUT2D eigenvalue weighted by Gasteiger charge is -2.41. The maximum Gasteiger partial charge on any atom is 0.225 e. The Bertz CT molecular complexity index is 374. The van der Waals surface area contributed by atoms with Gasteiger partial charge in [0.2, 0.25) is 5.91 Å². The predicted molar refractivity (Wildman–Crippen MR) is 96.4 cm³/mol. The SMILES string of the molecule is COC(CN)CC(=O)N1CCN(C2CC3CCC2C3)CC1.Cl.Cl. The van der Waals surface area contributed by atoms with Crippen LogP contribution in [0.15, 0.2) is 0 Å². The lowest BCUT2D eigenvalue weighted by atomic mass is 9.93. The molecule has 0 aromatic heterocycles. The molecule has 0 radical (unpaired) electrons. The second-order valence-electron chi connectivity index (χ2n) is 6.96. The molecule has 7 heteroatoms. The first kappa shape index (κ1) is 21.0. The summed E-state index contributed by atoms with van der Waals surface area (Å²) in [7, 11) is 1.62. The minimum atomic E-state index is -0.138. The molecule has 0 aromatic carbocycles. The first-order valence-corrected chi connectivity index (χ1v) is 8.46. The number of fused-ring (bicyclic) bond motifs is 2. The number of halogens is 2. The minimum Gasteiger partial charge on any atom is -0.380 e. The molecule has 1 amide bonds. The van der Waals surface area contributed by atoms with Crippen LogP contribution in [0.4, 0.5) is 0 Å². The lowest BCUT2D eigenvalue weighted by molar-refractivity contribution is -0.135. The Morgan fingerprint density at radius 3 is 2.35 bits per heavy atom. The Morgan fingerprint density at radius 2 is 1.87 bits per heavy atom. The van der Waals surface area contributed by atoms with Crippen molar-refractivity contribution in [3.63, 3.8) is 0 Å². The van der Waals surface area contributed by atoms with Gasteiger partial charge in [-0.05, 0) is 31.1 Å². The molecule has 0 aromatic rings. The number of piperazine rings is 1. The number of rotatable bonds is 5. The summed E-state index contributed by atoms with van der Waals surface area (Å²) < 4.78 is 5.21. The van der Waals surface area contributed by atoms with Gasteiger partial charge in [0.1, 0.15) is 0 Å². The van der Waals surface area contributed by atoms with Crippen molar-refractivity contribution in [1.82, 2.24) is 9.80 Å². The number of amides is 1. The summed E-state index contributed by atoms with van der Waals surface area (Å²) >= 11 is 0. The van der Waals surface area contributed by atoms with Crippen molar-refractivity contribution in [3.8, 4) is 0 Å². The summed E-state index contributed by atoms with van der Waals surface area (Å²) in [5.41, 5.74) is 5.60. The average Bonchev–Trinajstić information content (AvgIpc) is 3.15. The van der Waals surface area contributed by atoms with E-state index in [0.717, 1.165) is 44.1 Å². The second kappa shape index (κ2) is 9.42. The van der Waals surface area contributed by atoms with E-state index in [9.17, 15) is 4.79 Å². The number of methoxy groups -OCH3 is 1. The Morgan fingerprint density at radius 1 is 1.17 bits per heavy atom. The van der Waals surface area contributed by atoms with Gasteiger partial charge in [-0.3, -0.25) is 9.69 Å². The number of nitrogens with two attached hydrogens (primary N) is 1. The van der Waals surface area contributed by atoms with Crippen molar-refractivity contribution in [2.24, 2.45) is 17.6 Å². The molecule has 3 aliphatic rings. The van der Waals surface area contributed by atoms with Gasteiger partial charge >= 0.3 is 0 Å². The monoisotopic (exact) mass is 367 g/mol. The number of carbonyl (C=O) groups excluding carboxylic acids is 1. The summed E-state index contributed by atoms with van der Waals surface area (Å²) in [4.78, 5) is 16.9. The van der Waals surface area contributed by atoms with Gasteiger partial charge in [0, 0.05) is 45.9 Å². The number of nitrogens with zero attached hydrogens (tertiary/aromatic N) is 2. The second-order valence-corrected chi connectivity index (χ2v) is 6.96. The molecular weight excluding hydrogens is 337 g/mol. The Labute approximate surface area is 152 Å². The molecule has 2 N–H and O–H groups in total. The molecule has 2 aliphatic carbocycles. The molecule has 136 valence electrons. The van der Waals surface area contributed by atoms with Crippen molar-refractivity contribution in [2.75, 3.05) is 39.8 Å². The fourth-order valence-corrected chi connectivity index (χ4v) is 4.55. The van der Waals surface area contributed by atoms with Gasteiger partial charge in [-0.1, -0.05) is 6.42 Å². The predicted octanol–water partition coefficient (Wildman–Crippen LogP) is 1.53. The van der Waals surface area contributed by atoms with E-state index in [1.165, 1.54) is 25.7 Å². The fourth-order valence-electron chi connectivity index (χ4n) is 4.55. The molecule has 4 atom stereocenters. The molecule has 1 aliphatic heterocycles. The molecule has 1 heterocycles.